The van der Waals surface area contributed by atoms with Crippen LogP contribution in [0.5, 0.6) is 0 Å². The van der Waals surface area contributed by atoms with Gasteiger partial charge in [0.25, 0.3) is 5.91 Å². The first kappa shape index (κ1) is 15.8. The van der Waals surface area contributed by atoms with Crippen molar-refractivity contribution in [3.8, 4) is 0 Å². The number of nitrogen functional groups attached to an aromatic ring is 1. The van der Waals surface area contributed by atoms with Crippen molar-refractivity contribution >= 4 is 11.6 Å². The van der Waals surface area contributed by atoms with Crippen LogP contribution >= 0.6 is 0 Å². The number of rotatable bonds is 4. The van der Waals surface area contributed by atoms with Gasteiger partial charge in [-0.1, -0.05) is 19.8 Å². The number of hydrogen-bond donors (Lipinski definition) is 3. The van der Waals surface area contributed by atoms with Crippen molar-refractivity contribution in [3.63, 3.8) is 0 Å². The van der Waals surface area contributed by atoms with Crippen LogP contribution in [0.4, 0.5) is 5.69 Å². The number of carbonyl (C=O) groups is 1. The molecule has 1 aromatic heterocycles. The van der Waals surface area contributed by atoms with Crippen molar-refractivity contribution < 1.29 is 4.79 Å². The fourth-order valence-corrected chi connectivity index (χ4v) is 3.30. The third kappa shape index (κ3) is 3.20. The van der Waals surface area contributed by atoms with Gasteiger partial charge in [0.2, 0.25) is 0 Å². The maximum atomic E-state index is 12.3. The maximum Gasteiger partial charge on any atom is 0.274 e. The number of H-pyrrole nitrogens is 1. The fourth-order valence-electron chi connectivity index (χ4n) is 3.30. The Kier molecular flexibility index (Phi) is 4.56. The minimum atomic E-state index is -0.198. The zero-order valence-corrected chi connectivity index (χ0v) is 13.5. The summed E-state index contributed by atoms with van der Waals surface area (Å²) in [6, 6.07) is 0. The summed E-state index contributed by atoms with van der Waals surface area (Å²) in [6.45, 7) is 4.73. The number of aryl methyl sites for hydroxylation is 1. The number of likely N-dealkylation sites (N-methyl/N-ethyl adjacent to an activating group) is 1. The van der Waals surface area contributed by atoms with E-state index in [9.17, 15) is 4.79 Å². The lowest BCUT2D eigenvalue weighted by molar-refractivity contribution is 0.0673. The van der Waals surface area contributed by atoms with Crippen molar-refractivity contribution in [2.24, 2.45) is 5.92 Å². The Morgan fingerprint density at radius 2 is 2.29 bits per heavy atom. The van der Waals surface area contributed by atoms with Crippen molar-refractivity contribution in [3.05, 3.63) is 11.4 Å². The summed E-state index contributed by atoms with van der Waals surface area (Å²) < 4.78 is 0. The van der Waals surface area contributed by atoms with Crippen LogP contribution < -0.4 is 11.1 Å². The topological polar surface area (TPSA) is 87.0 Å². The normalized spacial score (nSPS) is 26.0. The first-order valence-corrected chi connectivity index (χ1v) is 7.62. The van der Waals surface area contributed by atoms with Crippen LogP contribution in [0.1, 0.15) is 48.8 Å². The molecule has 0 aromatic carbocycles. The van der Waals surface area contributed by atoms with Crippen LogP contribution in [0.15, 0.2) is 0 Å². The molecule has 1 aliphatic rings. The third-order valence-electron chi connectivity index (χ3n) is 4.80. The molecule has 21 heavy (non-hydrogen) atoms. The minimum Gasteiger partial charge on any atom is -0.395 e. The molecule has 6 heteroatoms. The molecule has 4 N–H and O–H groups in total. The molecule has 2 atom stereocenters. The fraction of sp³-hybridized carbons (Fsp3) is 0.733. The van der Waals surface area contributed by atoms with E-state index in [4.69, 9.17) is 5.73 Å². The summed E-state index contributed by atoms with van der Waals surface area (Å²) in [4.78, 5) is 14.5. The van der Waals surface area contributed by atoms with Gasteiger partial charge in [-0.3, -0.25) is 9.89 Å². The lowest BCUT2D eigenvalue weighted by Gasteiger charge is -2.45. The van der Waals surface area contributed by atoms with Crippen molar-refractivity contribution in [1.29, 1.82) is 0 Å². The second-order valence-electron chi connectivity index (χ2n) is 6.61. The minimum absolute atomic E-state index is 0.0352. The van der Waals surface area contributed by atoms with Gasteiger partial charge in [0.1, 0.15) is 0 Å². The van der Waals surface area contributed by atoms with E-state index in [0.717, 1.165) is 18.5 Å². The molecule has 0 spiro atoms. The van der Waals surface area contributed by atoms with Gasteiger partial charge in [-0.25, -0.2) is 0 Å². The highest BCUT2D eigenvalue weighted by atomic mass is 16.2. The monoisotopic (exact) mass is 293 g/mol. The molecule has 118 valence electrons. The average molecular weight is 293 g/mol. The van der Waals surface area contributed by atoms with Crippen LogP contribution in [0.2, 0.25) is 0 Å². The van der Waals surface area contributed by atoms with Crippen molar-refractivity contribution in [2.75, 3.05) is 26.4 Å². The molecule has 1 aliphatic carbocycles. The van der Waals surface area contributed by atoms with E-state index in [1.165, 1.54) is 12.8 Å². The second kappa shape index (κ2) is 6.05. The van der Waals surface area contributed by atoms with E-state index in [0.29, 0.717) is 23.8 Å². The highest BCUT2D eigenvalue weighted by Crippen LogP contribution is 2.35. The molecule has 2 rings (SSSR count). The lowest BCUT2D eigenvalue weighted by atomic mass is 9.75. The molecular formula is C15H27N5O. The number of nitrogens with two attached hydrogens (primary N) is 1. The standard InChI is InChI=1S/C15H27N5O/c1-10-6-5-7-15(8-10,20(3)4)9-17-14(21)13-12(16)11(2)18-19-13/h10H,5-9,16H2,1-4H3,(H,17,21)(H,18,19). The number of hydrogen-bond acceptors (Lipinski definition) is 4. The molecule has 1 heterocycles. The van der Waals surface area contributed by atoms with Gasteiger partial charge >= 0.3 is 0 Å². The van der Waals surface area contributed by atoms with E-state index in [1.807, 2.05) is 6.92 Å². The summed E-state index contributed by atoms with van der Waals surface area (Å²) in [5, 5.41) is 9.76. The Labute approximate surface area is 126 Å². The van der Waals surface area contributed by atoms with E-state index in [1.54, 1.807) is 0 Å². The van der Waals surface area contributed by atoms with Gasteiger partial charge < -0.3 is 16.0 Å². The molecule has 1 aromatic rings. The van der Waals surface area contributed by atoms with Gasteiger partial charge in [0.05, 0.1) is 11.4 Å². The largest absolute Gasteiger partial charge is 0.395 e. The van der Waals surface area contributed by atoms with Gasteiger partial charge in [0, 0.05) is 12.1 Å². The number of nitrogens with zero attached hydrogens (tertiary/aromatic N) is 2. The summed E-state index contributed by atoms with van der Waals surface area (Å²) in [7, 11) is 4.19. The number of amides is 1. The first-order valence-electron chi connectivity index (χ1n) is 7.62. The van der Waals surface area contributed by atoms with Crippen LogP contribution in [0, 0.1) is 12.8 Å². The molecule has 6 nitrogen and oxygen atoms in total. The average Bonchev–Trinajstić information content (AvgIpc) is 2.76. The van der Waals surface area contributed by atoms with E-state index >= 15 is 0 Å². The summed E-state index contributed by atoms with van der Waals surface area (Å²) in [5.41, 5.74) is 7.36. The van der Waals surface area contributed by atoms with Crippen LogP contribution in [0.25, 0.3) is 0 Å². The predicted octanol–water partition coefficient (Wildman–Crippen LogP) is 1.54. The van der Waals surface area contributed by atoms with Gasteiger partial charge in [-0.15, -0.1) is 0 Å². The number of nitrogens with one attached hydrogen (secondary N) is 2. The Morgan fingerprint density at radius 3 is 2.81 bits per heavy atom. The molecule has 1 amide bonds. The van der Waals surface area contributed by atoms with Crippen molar-refractivity contribution in [2.45, 2.75) is 45.1 Å². The number of carbonyl (C=O) groups excluding carboxylic acids is 1. The van der Waals surface area contributed by atoms with Crippen LogP contribution in [0.3, 0.4) is 0 Å². The van der Waals surface area contributed by atoms with Crippen LogP contribution in [-0.2, 0) is 0 Å². The smallest absolute Gasteiger partial charge is 0.274 e. The van der Waals surface area contributed by atoms with E-state index < -0.39 is 0 Å². The molecule has 1 saturated carbocycles. The first-order chi connectivity index (χ1) is 9.85. The Hall–Kier alpha value is -1.56. The summed E-state index contributed by atoms with van der Waals surface area (Å²) in [5.74, 6) is 0.493. The Bertz CT molecular complexity index is 510. The quantitative estimate of drug-likeness (QED) is 0.786. The SMILES string of the molecule is Cc1[nH]nc(C(=O)NCC2(N(C)C)CCCC(C)C2)c1N. The predicted molar refractivity (Wildman–Crippen MR) is 84.1 cm³/mol. The number of aromatic amines is 1. The molecule has 1 fully saturated rings. The van der Waals surface area contributed by atoms with E-state index in [2.05, 4.69) is 41.4 Å². The zero-order valence-electron chi connectivity index (χ0n) is 13.5. The second-order valence-corrected chi connectivity index (χ2v) is 6.61. The Balaban J connectivity index is 2.05. The number of anilines is 1. The molecule has 0 aliphatic heterocycles. The van der Waals surface area contributed by atoms with Gasteiger partial charge in [-0.2, -0.15) is 5.10 Å². The Morgan fingerprint density at radius 1 is 1.57 bits per heavy atom. The summed E-state index contributed by atoms with van der Waals surface area (Å²) >= 11 is 0. The zero-order chi connectivity index (χ0) is 15.6. The molecule has 0 bridgehead atoms. The molecular weight excluding hydrogens is 266 g/mol. The molecule has 0 radical (unpaired) electrons. The highest BCUT2D eigenvalue weighted by molar-refractivity contribution is 5.97. The summed E-state index contributed by atoms with van der Waals surface area (Å²) in [6.07, 6.45) is 4.70. The maximum absolute atomic E-state index is 12.3. The van der Waals surface area contributed by atoms with Crippen LogP contribution in [-0.4, -0.2) is 47.2 Å². The molecule has 2 unspecified atom stereocenters. The number of aromatic nitrogens is 2. The van der Waals surface area contributed by atoms with Gasteiger partial charge in [-0.05, 0) is 39.8 Å². The van der Waals surface area contributed by atoms with E-state index in [-0.39, 0.29) is 11.4 Å². The lowest BCUT2D eigenvalue weighted by Crippen LogP contribution is -2.55. The van der Waals surface area contributed by atoms with Gasteiger partial charge in [0.15, 0.2) is 5.69 Å². The molecule has 0 saturated heterocycles. The highest BCUT2D eigenvalue weighted by Gasteiger charge is 2.37. The third-order valence-corrected chi connectivity index (χ3v) is 4.80. The van der Waals surface area contributed by atoms with Crippen molar-refractivity contribution in [1.82, 2.24) is 20.4 Å².